The largest absolute Gasteiger partial charge is 0.486 e. The van der Waals surface area contributed by atoms with Gasteiger partial charge in [-0.3, -0.25) is 9.48 Å². The Morgan fingerprint density at radius 1 is 1.03 bits per heavy atom. The number of carbonyl (C=O) groups excluding carboxylic acids is 1. The zero-order valence-corrected chi connectivity index (χ0v) is 17.8. The topological polar surface area (TPSA) is 69.3 Å². The van der Waals surface area contributed by atoms with Crippen molar-refractivity contribution in [2.45, 2.75) is 26.5 Å². The van der Waals surface area contributed by atoms with Gasteiger partial charge in [0.25, 0.3) is 5.91 Å². The number of furan rings is 1. The summed E-state index contributed by atoms with van der Waals surface area (Å²) in [6, 6.07) is 20.5. The first kappa shape index (κ1) is 20.8. The van der Waals surface area contributed by atoms with Crippen LogP contribution >= 0.6 is 11.6 Å². The summed E-state index contributed by atoms with van der Waals surface area (Å²) in [5, 5.41) is 7.81. The molecule has 2 heterocycles. The molecule has 0 radical (unpaired) electrons. The molecule has 0 aliphatic rings. The third kappa shape index (κ3) is 5.55. The zero-order valence-electron chi connectivity index (χ0n) is 17.0. The van der Waals surface area contributed by atoms with E-state index in [1.807, 2.05) is 48.5 Å². The van der Waals surface area contributed by atoms with Crippen LogP contribution in [0.4, 0.5) is 5.82 Å². The maximum absolute atomic E-state index is 12.5. The highest BCUT2D eigenvalue weighted by Gasteiger charge is 2.13. The van der Waals surface area contributed by atoms with Gasteiger partial charge in [-0.2, -0.15) is 5.10 Å². The van der Waals surface area contributed by atoms with E-state index in [2.05, 4.69) is 17.3 Å². The molecule has 4 rings (SSSR count). The van der Waals surface area contributed by atoms with Crippen LogP contribution in [-0.2, 0) is 19.6 Å². The van der Waals surface area contributed by atoms with Crippen molar-refractivity contribution < 1.29 is 13.9 Å². The Balaban J connectivity index is 1.31. The van der Waals surface area contributed by atoms with E-state index in [4.69, 9.17) is 20.8 Å². The second kappa shape index (κ2) is 9.53. The maximum atomic E-state index is 12.5. The number of aromatic nitrogens is 2. The molecular formula is C24H22ClN3O3. The van der Waals surface area contributed by atoms with Crippen LogP contribution < -0.4 is 10.1 Å². The van der Waals surface area contributed by atoms with E-state index < -0.39 is 0 Å². The molecule has 1 amide bonds. The minimum atomic E-state index is -0.365. The number of hydrogen-bond donors (Lipinski definition) is 1. The van der Waals surface area contributed by atoms with Crippen molar-refractivity contribution in [2.75, 3.05) is 5.32 Å². The van der Waals surface area contributed by atoms with Gasteiger partial charge in [0.2, 0.25) is 0 Å². The van der Waals surface area contributed by atoms with Crippen LogP contribution in [0, 0.1) is 0 Å². The molecule has 6 nitrogen and oxygen atoms in total. The quantitative estimate of drug-likeness (QED) is 0.392. The summed E-state index contributed by atoms with van der Waals surface area (Å²) in [5.74, 6) is 1.61. The van der Waals surface area contributed by atoms with Gasteiger partial charge in [0.05, 0.1) is 6.54 Å². The molecule has 0 aliphatic heterocycles. The van der Waals surface area contributed by atoms with E-state index in [0.29, 0.717) is 23.1 Å². The molecule has 1 N–H and O–H groups in total. The van der Waals surface area contributed by atoms with Crippen molar-refractivity contribution in [3.63, 3.8) is 0 Å². The van der Waals surface area contributed by atoms with Gasteiger partial charge in [-0.15, -0.1) is 0 Å². The Morgan fingerprint density at radius 3 is 2.52 bits per heavy atom. The second-order valence-electron chi connectivity index (χ2n) is 7.03. The van der Waals surface area contributed by atoms with Crippen molar-refractivity contribution in [3.05, 3.63) is 101 Å². The van der Waals surface area contributed by atoms with Crippen molar-refractivity contribution in [1.29, 1.82) is 0 Å². The fraction of sp³-hybridized carbons (Fsp3) is 0.167. The Morgan fingerprint density at radius 2 is 1.77 bits per heavy atom. The Labute approximate surface area is 185 Å². The maximum Gasteiger partial charge on any atom is 0.292 e. The third-order valence-corrected chi connectivity index (χ3v) is 4.99. The van der Waals surface area contributed by atoms with E-state index in [-0.39, 0.29) is 18.3 Å². The van der Waals surface area contributed by atoms with Gasteiger partial charge in [-0.25, -0.2) is 0 Å². The average Bonchev–Trinajstić information content (AvgIpc) is 3.44. The van der Waals surface area contributed by atoms with Crippen molar-refractivity contribution in [3.8, 4) is 5.75 Å². The molecule has 7 heteroatoms. The number of nitrogens with one attached hydrogen (secondary N) is 1. The lowest BCUT2D eigenvalue weighted by atomic mass is 10.2. The predicted octanol–water partition coefficient (Wildman–Crippen LogP) is 5.57. The van der Waals surface area contributed by atoms with Crippen LogP contribution in [0.3, 0.4) is 0 Å². The fourth-order valence-corrected chi connectivity index (χ4v) is 3.15. The lowest BCUT2D eigenvalue weighted by molar-refractivity contribution is 0.0992. The number of carbonyl (C=O) groups is 1. The van der Waals surface area contributed by atoms with Crippen LogP contribution in [0.1, 0.15) is 34.4 Å². The summed E-state index contributed by atoms with van der Waals surface area (Å²) < 4.78 is 13.1. The highest BCUT2D eigenvalue weighted by Crippen LogP contribution is 2.17. The van der Waals surface area contributed by atoms with E-state index >= 15 is 0 Å². The van der Waals surface area contributed by atoms with E-state index in [1.54, 1.807) is 29.1 Å². The van der Waals surface area contributed by atoms with E-state index in [1.165, 1.54) is 5.56 Å². The number of anilines is 1. The van der Waals surface area contributed by atoms with E-state index in [9.17, 15) is 4.79 Å². The lowest BCUT2D eigenvalue weighted by Gasteiger charge is -2.05. The fourth-order valence-electron chi connectivity index (χ4n) is 3.02. The van der Waals surface area contributed by atoms with Gasteiger partial charge in [-0.05, 0) is 53.9 Å². The summed E-state index contributed by atoms with van der Waals surface area (Å²) in [6.07, 6.45) is 2.78. The number of nitrogens with zero attached hydrogens (tertiary/aromatic N) is 2. The molecule has 0 fully saturated rings. The van der Waals surface area contributed by atoms with Gasteiger partial charge in [0, 0.05) is 17.3 Å². The standard InChI is InChI=1S/C24H22ClN3O3/c1-2-17-5-9-20(10-6-17)30-16-21-11-12-22(31-21)24(29)26-23-13-14-28(27-23)15-18-3-7-19(25)8-4-18/h3-14H,2,15-16H2,1H3,(H,26,27,29). The molecule has 0 atom stereocenters. The normalized spacial score (nSPS) is 10.8. The molecule has 0 unspecified atom stereocenters. The highest BCUT2D eigenvalue weighted by atomic mass is 35.5. The van der Waals surface area contributed by atoms with Crippen LogP contribution in [0.15, 0.2) is 77.3 Å². The number of ether oxygens (including phenoxy) is 1. The minimum Gasteiger partial charge on any atom is -0.486 e. The Kier molecular flexibility index (Phi) is 6.38. The van der Waals surface area contributed by atoms with Crippen LogP contribution in [0.2, 0.25) is 5.02 Å². The number of hydrogen-bond acceptors (Lipinski definition) is 4. The summed E-state index contributed by atoms with van der Waals surface area (Å²) in [4.78, 5) is 12.5. The average molecular weight is 436 g/mol. The Bertz CT molecular complexity index is 1150. The minimum absolute atomic E-state index is 0.201. The SMILES string of the molecule is CCc1ccc(OCc2ccc(C(=O)Nc3ccn(Cc4ccc(Cl)cc4)n3)o2)cc1. The number of halogens is 1. The van der Waals surface area contributed by atoms with Crippen LogP contribution in [-0.4, -0.2) is 15.7 Å². The highest BCUT2D eigenvalue weighted by molar-refractivity contribution is 6.30. The molecule has 2 aromatic heterocycles. The molecule has 31 heavy (non-hydrogen) atoms. The molecule has 0 saturated carbocycles. The summed E-state index contributed by atoms with van der Waals surface area (Å²) in [5.41, 5.74) is 2.31. The molecule has 0 bridgehead atoms. The molecule has 158 valence electrons. The Hall–Kier alpha value is -3.51. The summed E-state index contributed by atoms with van der Waals surface area (Å²) in [6.45, 7) is 2.93. The monoisotopic (exact) mass is 435 g/mol. The van der Waals surface area contributed by atoms with E-state index in [0.717, 1.165) is 17.7 Å². The number of amides is 1. The zero-order chi connectivity index (χ0) is 21.6. The van der Waals surface area contributed by atoms with Crippen molar-refractivity contribution in [2.24, 2.45) is 0 Å². The van der Waals surface area contributed by atoms with Gasteiger partial charge < -0.3 is 14.5 Å². The first-order chi connectivity index (χ1) is 15.1. The third-order valence-electron chi connectivity index (χ3n) is 4.74. The lowest BCUT2D eigenvalue weighted by Crippen LogP contribution is -2.12. The number of aryl methyl sites for hydroxylation is 1. The predicted molar refractivity (Wildman–Crippen MR) is 120 cm³/mol. The first-order valence-electron chi connectivity index (χ1n) is 9.99. The number of benzene rings is 2. The van der Waals surface area contributed by atoms with Crippen LogP contribution in [0.5, 0.6) is 5.75 Å². The summed E-state index contributed by atoms with van der Waals surface area (Å²) >= 11 is 5.91. The van der Waals surface area contributed by atoms with Crippen molar-refractivity contribution >= 4 is 23.3 Å². The number of rotatable bonds is 8. The van der Waals surface area contributed by atoms with Crippen LogP contribution in [0.25, 0.3) is 0 Å². The molecule has 0 saturated heterocycles. The summed E-state index contributed by atoms with van der Waals surface area (Å²) in [7, 11) is 0. The molecular weight excluding hydrogens is 414 g/mol. The molecule has 2 aromatic carbocycles. The van der Waals surface area contributed by atoms with Gasteiger partial charge in [0.1, 0.15) is 18.1 Å². The molecule has 0 aliphatic carbocycles. The first-order valence-corrected chi connectivity index (χ1v) is 10.4. The van der Waals surface area contributed by atoms with Crippen molar-refractivity contribution in [1.82, 2.24) is 9.78 Å². The van der Waals surface area contributed by atoms with Gasteiger partial charge >= 0.3 is 0 Å². The molecule has 4 aromatic rings. The van der Waals surface area contributed by atoms with Gasteiger partial charge in [-0.1, -0.05) is 42.8 Å². The van der Waals surface area contributed by atoms with Gasteiger partial charge in [0.15, 0.2) is 11.6 Å². The smallest absolute Gasteiger partial charge is 0.292 e. The second-order valence-corrected chi connectivity index (χ2v) is 7.47. The molecule has 0 spiro atoms.